The molecule has 0 fully saturated rings. The SMILES string of the molecule is Sc1nnc2c3ccc(Cl)cc3c(-c3ccccc3)nn12. The zero-order valence-corrected chi connectivity index (χ0v) is 12.4. The van der Waals surface area contributed by atoms with Gasteiger partial charge in [-0.25, -0.2) is 0 Å². The van der Waals surface area contributed by atoms with Crippen molar-refractivity contribution < 1.29 is 0 Å². The summed E-state index contributed by atoms with van der Waals surface area (Å²) in [4.78, 5) is 0. The minimum absolute atomic E-state index is 0.457. The van der Waals surface area contributed by atoms with E-state index in [1.165, 1.54) is 0 Å². The van der Waals surface area contributed by atoms with Crippen molar-refractivity contribution in [1.29, 1.82) is 0 Å². The molecule has 0 atom stereocenters. The van der Waals surface area contributed by atoms with Crippen LogP contribution in [0.25, 0.3) is 27.7 Å². The van der Waals surface area contributed by atoms with E-state index in [4.69, 9.17) is 11.6 Å². The normalized spacial score (nSPS) is 11.3. The van der Waals surface area contributed by atoms with Crippen molar-refractivity contribution in [3.8, 4) is 11.3 Å². The van der Waals surface area contributed by atoms with E-state index >= 15 is 0 Å². The summed E-state index contributed by atoms with van der Waals surface area (Å²) in [5.41, 5.74) is 2.51. The Morgan fingerprint density at radius 3 is 2.57 bits per heavy atom. The number of halogens is 1. The molecule has 0 aliphatic carbocycles. The Morgan fingerprint density at radius 1 is 0.952 bits per heavy atom. The molecule has 2 heterocycles. The first-order valence-electron chi connectivity index (χ1n) is 6.33. The van der Waals surface area contributed by atoms with E-state index in [1.54, 1.807) is 4.52 Å². The molecule has 21 heavy (non-hydrogen) atoms. The molecule has 0 amide bonds. The van der Waals surface area contributed by atoms with Crippen molar-refractivity contribution in [2.45, 2.75) is 5.16 Å². The highest BCUT2D eigenvalue weighted by Gasteiger charge is 2.14. The number of thiol groups is 1. The Bertz CT molecular complexity index is 966. The molecule has 6 heteroatoms. The third-order valence-electron chi connectivity index (χ3n) is 3.35. The van der Waals surface area contributed by atoms with Crippen LogP contribution in [0.4, 0.5) is 0 Å². The zero-order valence-electron chi connectivity index (χ0n) is 10.7. The Balaban J connectivity index is 2.21. The van der Waals surface area contributed by atoms with E-state index in [-0.39, 0.29) is 0 Å². The highest BCUT2D eigenvalue weighted by molar-refractivity contribution is 7.80. The molecule has 0 aliphatic heterocycles. The van der Waals surface area contributed by atoms with Gasteiger partial charge in [0.2, 0.25) is 5.16 Å². The Hall–Kier alpha value is -2.11. The van der Waals surface area contributed by atoms with Gasteiger partial charge in [-0.05, 0) is 18.2 Å². The van der Waals surface area contributed by atoms with Crippen molar-refractivity contribution in [3.63, 3.8) is 0 Å². The Morgan fingerprint density at radius 2 is 1.76 bits per heavy atom. The van der Waals surface area contributed by atoms with Gasteiger partial charge >= 0.3 is 0 Å². The molecule has 2 aromatic carbocycles. The minimum atomic E-state index is 0.457. The number of hydrogen-bond acceptors (Lipinski definition) is 4. The number of rotatable bonds is 1. The molecule has 0 aliphatic rings. The molecule has 0 unspecified atom stereocenters. The summed E-state index contributed by atoms with van der Waals surface area (Å²) in [5.74, 6) is 0. The molecule has 2 aromatic heterocycles. The molecule has 0 N–H and O–H groups in total. The lowest BCUT2D eigenvalue weighted by molar-refractivity contribution is 0.821. The van der Waals surface area contributed by atoms with Crippen LogP contribution in [0.1, 0.15) is 0 Å². The maximum atomic E-state index is 6.15. The lowest BCUT2D eigenvalue weighted by atomic mass is 10.1. The first kappa shape index (κ1) is 12.6. The number of hydrogen-bond donors (Lipinski definition) is 1. The summed E-state index contributed by atoms with van der Waals surface area (Å²) in [7, 11) is 0. The first-order chi connectivity index (χ1) is 10.2. The summed E-state index contributed by atoms with van der Waals surface area (Å²) in [6.07, 6.45) is 0. The standard InChI is InChI=1S/C15H9ClN4S/c16-10-6-7-11-12(8-10)13(9-4-2-1-3-5-9)19-20-14(11)17-18-15(20)21/h1-8H,(H,18,21). The van der Waals surface area contributed by atoms with Crippen LogP contribution in [0, 0.1) is 0 Å². The van der Waals surface area contributed by atoms with Crippen molar-refractivity contribution in [1.82, 2.24) is 19.8 Å². The molecule has 0 saturated heterocycles. The van der Waals surface area contributed by atoms with Crippen LogP contribution in [-0.4, -0.2) is 19.8 Å². The van der Waals surface area contributed by atoms with Crippen LogP contribution in [0.5, 0.6) is 0 Å². The van der Waals surface area contributed by atoms with Crippen LogP contribution in [0.3, 0.4) is 0 Å². The van der Waals surface area contributed by atoms with Gasteiger partial charge in [0.15, 0.2) is 5.65 Å². The summed E-state index contributed by atoms with van der Waals surface area (Å²) in [5, 5.41) is 15.8. The summed E-state index contributed by atoms with van der Waals surface area (Å²) >= 11 is 10.5. The predicted molar refractivity (Wildman–Crippen MR) is 86.0 cm³/mol. The van der Waals surface area contributed by atoms with Gasteiger partial charge in [0.05, 0.1) is 5.69 Å². The van der Waals surface area contributed by atoms with Gasteiger partial charge in [-0.1, -0.05) is 41.9 Å². The maximum Gasteiger partial charge on any atom is 0.209 e. The van der Waals surface area contributed by atoms with Gasteiger partial charge in [0, 0.05) is 21.4 Å². The van der Waals surface area contributed by atoms with E-state index in [9.17, 15) is 0 Å². The third kappa shape index (κ3) is 1.97. The van der Waals surface area contributed by atoms with Gasteiger partial charge < -0.3 is 0 Å². The monoisotopic (exact) mass is 312 g/mol. The van der Waals surface area contributed by atoms with Crippen LogP contribution >= 0.6 is 24.2 Å². The number of fused-ring (bicyclic) bond motifs is 3. The van der Waals surface area contributed by atoms with Gasteiger partial charge in [0.25, 0.3) is 0 Å². The molecule has 0 bridgehead atoms. The fourth-order valence-electron chi connectivity index (χ4n) is 2.40. The molecular formula is C15H9ClN4S. The van der Waals surface area contributed by atoms with E-state index in [2.05, 4.69) is 27.9 Å². The first-order valence-corrected chi connectivity index (χ1v) is 7.15. The van der Waals surface area contributed by atoms with Crippen LogP contribution in [0.2, 0.25) is 5.02 Å². The molecular weight excluding hydrogens is 304 g/mol. The number of benzene rings is 2. The van der Waals surface area contributed by atoms with E-state index in [0.29, 0.717) is 15.8 Å². The molecule has 0 spiro atoms. The molecule has 4 aromatic rings. The molecule has 0 saturated carbocycles. The maximum absolute atomic E-state index is 6.15. The van der Waals surface area contributed by atoms with Gasteiger partial charge in [-0.2, -0.15) is 9.61 Å². The summed E-state index contributed by atoms with van der Waals surface area (Å²) in [6.45, 7) is 0. The Kier molecular flexibility index (Phi) is 2.83. The molecule has 4 rings (SSSR count). The summed E-state index contributed by atoms with van der Waals surface area (Å²) in [6, 6.07) is 15.6. The van der Waals surface area contributed by atoms with Gasteiger partial charge in [0.1, 0.15) is 0 Å². The largest absolute Gasteiger partial charge is 0.209 e. The fraction of sp³-hybridized carbons (Fsp3) is 0. The van der Waals surface area contributed by atoms with Gasteiger partial charge in [-0.3, -0.25) is 0 Å². The van der Waals surface area contributed by atoms with E-state index in [1.807, 2.05) is 48.5 Å². The third-order valence-corrected chi connectivity index (χ3v) is 3.86. The average molecular weight is 313 g/mol. The van der Waals surface area contributed by atoms with E-state index < -0.39 is 0 Å². The van der Waals surface area contributed by atoms with E-state index in [0.717, 1.165) is 22.0 Å². The molecule has 4 nitrogen and oxygen atoms in total. The van der Waals surface area contributed by atoms with Crippen LogP contribution in [0.15, 0.2) is 53.7 Å². The highest BCUT2D eigenvalue weighted by Crippen LogP contribution is 2.31. The topological polar surface area (TPSA) is 43.1 Å². The highest BCUT2D eigenvalue weighted by atomic mass is 35.5. The lowest BCUT2D eigenvalue weighted by Crippen LogP contribution is -1.98. The second kappa shape index (κ2) is 4.72. The quantitative estimate of drug-likeness (QED) is 0.542. The minimum Gasteiger partial charge on any atom is -0.186 e. The predicted octanol–water partition coefficient (Wildman–Crippen LogP) is 3.89. The average Bonchev–Trinajstić information content (AvgIpc) is 2.88. The van der Waals surface area contributed by atoms with Gasteiger partial charge in [-0.15, -0.1) is 22.8 Å². The number of aromatic nitrogens is 4. The number of nitrogens with zero attached hydrogens (tertiary/aromatic N) is 4. The smallest absolute Gasteiger partial charge is 0.186 e. The molecule has 102 valence electrons. The van der Waals surface area contributed by atoms with Crippen molar-refractivity contribution in [2.24, 2.45) is 0 Å². The molecule has 0 radical (unpaired) electrons. The van der Waals surface area contributed by atoms with Crippen molar-refractivity contribution in [3.05, 3.63) is 53.6 Å². The summed E-state index contributed by atoms with van der Waals surface area (Å²) < 4.78 is 1.64. The Labute approximate surface area is 130 Å². The van der Waals surface area contributed by atoms with Crippen molar-refractivity contribution >= 4 is 40.6 Å². The lowest BCUT2D eigenvalue weighted by Gasteiger charge is -2.08. The van der Waals surface area contributed by atoms with Crippen LogP contribution < -0.4 is 0 Å². The second-order valence-electron chi connectivity index (χ2n) is 4.64. The fourth-order valence-corrected chi connectivity index (χ4v) is 2.76. The van der Waals surface area contributed by atoms with Crippen LogP contribution in [-0.2, 0) is 0 Å². The van der Waals surface area contributed by atoms with Crippen molar-refractivity contribution in [2.75, 3.05) is 0 Å². The zero-order chi connectivity index (χ0) is 14.4. The second-order valence-corrected chi connectivity index (χ2v) is 5.48.